The summed E-state index contributed by atoms with van der Waals surface area (Å²) in [4.78, 5) is 12.2. The van der Waals surface area contributed by atoms with Crippen molar-refractivity contribution in [2.24, 2.45) is 17.1 Å². The van der Waals surface area contributed by atoms with Crippen LogP contribution < -0.4 is 11.1 Å². The van der Waals surface area contributed by atoms with Gasteiger partial charge < -0.3 is 15.8 Å². The molecule has 2 atom stereocenters. The molecule has 4 heteroatoms. The highest BCUT2D eigenvalue weighted by Crippen LogP contribution is 2.29. The number of nitrogens with two attached hydrogens (primary N) is 1. The molecule has 2 unspecified atom stereocenters. The molecule has 1 heterocycles. The number of nitrogens with one attached hydrogen (secondary N) is 1. The lowest BCUT2D eigenvalue weighted by Crippen LogP contribution is -2.56. The van der Waals surface area contributed by atoms with E-state index in [1.807, 2.05) is 27.7 Å². The highest BCUT2D eigenvalue weighted by Gasteiger charge is 2.40. The Morgan fingerprint density at radius 2 is 2.00 bits per heavy atom. The summed E-state index contributed by atoms with van der Waals surface area (Å²) in [6.07, 6.45) is 2.33. The van der Waals surface area contributed by atoms with E-state index in [0.29, 0.717) is 18.6 Å². The molecular weight excluding hydrogens is 228 g/mol. The molecule has 0 radical (unpaired) electrons. The Morgan fingerprint density at radius 1 is 1.39 bits per heavy atom. The highest BCUT2D eigenvalue weighted by molar-refractivity contribution is 5.83. The van der Waals surface area contributed by atoms with E-state index < -0.39 is 11.0 Å². The lowest BCUT2D eigenvalue weighted by atomic mass is 9.74. The van der Waals surface area contributed by atoms with Crippen LogP contribution in [-0.4, -0.2) is 30.7 Å². The van der Waals surface area contributed by atoms with E-state index in [2.05, 4.69) is 12.2 Å². The van der Waals surface area contributed by atoms with Gasteiger partial charge in [-0.1, -0.05) is 6.92 Å². The van der Waals surface area contributed by atoms with Gasteiger partial charge in [0.2, 0.25) is 5.91 Å². The predicted molar refractivity (Wildman–Crippen MR) is 73.2 cm³/mol. The average Bonchev–Trinajstić information content (AvgIpc) is 2.71. The molecule has 0 aliphatic carbocycles. The molecule has 0 spiro atoms. The van der Waals surface area contributed by atoms with Gasteiger partial charge in [-0.05, 0) is 40.5 Å². The fraction of sp³-hybridized carbons (Fsp3) is 0.929. The number of carbonyl (C=O) groups is 1. The Kier molecular flexibility index (Phi) is 4.78. The molecule has 1 rings (SSSR count). The molecule has 1 amide bonds. The lowest BCUT2D eigenvalue weighted by molar-refractivity contribution is -0.132. The molecule has 18 heavy (non-hydrogen) atoms. The smallest absolute Gasteiger partial charge is 0.227 e. The van der Waals surface area contributed by atoms with Gasteiger partial charge in [0.05, 0.1) is 11.5 Å². The SMILES string of the molecule is CCC1OCCC1CNC(=O)C(C)(C)C(C)(C)N. The Bertz CT molecular complexity index is 295. The van der Waals surface area contributed by atoms with Crippen LogP contribution >= 0.6 is 0 Å². The monoisotopic (exact) mass is 256 g/mol. The summed E-state index contributed by atoms with van der Waals surface area (Å²) >= 11 is 0. The van der Waals surface area contributed by atoms with Gasteiger partial charge in [0.1, 0.15) is 0 Å². The third-order valence-electron chi connectivity index (χ3n) is 4.45. The van der Waals surface area contributed by atoms with Crippen molar-refractivity contribution in [1.82, 2.24) is 5.32 Å². The normalized spacial score (nSPS) is 25.2. The number of ether oxygens (including phenoxy) is 1. The van der Waals surface area contributed by atoms with E-state index in [1.165, 1.54) is 0 Å². The van der Waals surface area contributed by atoms with Crippen molar-refractivity contribution in [3.05, 3.63) is 0 Å². The summed E-state index contributed by atoms with van der Waals surface area (Å²) in [5, 5.41) is 3.04. The van der Waals surface area contributed by atoms with Gasteiger partial charge in [-0.15, -0.1) is 0 Å². The second kappa shape index (κ2) is 5.57. The first-order valence-corrected chi connectivity index (χ1v) is 6.89. The number of hydrogen-bond donors (Lipinski definition) is 2. The van der Waals surface area contributed by atoms with Crippen molar-refractivity contribution in [1.29, 1.82) is 0 Å². The summed E-state index contributed by atoms with van der Waals surface area (Å²) in [5.74, 6) is 0.465. The van der Waals surface area contributed by atoms with E-state index in [9.17, 15) is 4.79 Å². The first-order chi connectivity index (χ1) is 8.20. The van der Waals surface area contributed by atoms with Crippen LogP contribution in [0.3, 0.4) is 0 Å². The molecular formula is C14H28N2O2. The number of hydrogen-bond acceptors (Lipinski definition) is 3. The largest absolute Gasteiger partial charge is 0.378 e. The molecule has 1 saturated heterocycles. The fourth-order valence-corrected chi connectivity index (χ4v) is 2.11. The standard InChI is InChI=1S/C14H28N2O2/c1-6-11-10(7-8-18-11)9-16-12(17)13(2,3)14(4,5)15/h10-11H,6-9,15H2,1-5H3,(H,16,17). The van der Waals surface area contributed by atoms with Crippen LogP contribution in [0, 0.1) is 11.3 Å². The van der Waals surface area contributed by atoms with E-state index in [4.69, 9.17) is 10.5 Å². The predicted octanol–water partition coefficient (Wildman–Crippen LogP) is 1.68. The molecule has 1 aliphatic rings. The van der Waals surface area contributed by atoms with E-state index in [0.717, 1.165) is 19.4 Å². The second-order valence-electron chi connectivity index (χ2n) is 6.42. The van der Waals surface area contributed by atoms with Crippen molar-refractivity contribution in [2.75, 3.05) is 13.2 Å². The molecule has 1 fully saturated rings. The average molecular weight is 256 g/mol. The lowest BCUT2D eigenvalue weighted by Gasteiger charge is -2.37. The molecule has 0 aromatic carbocycles. The Balaban J connectivity index is 2.51. The summed E-state index contributed by atoms with van der Waals surface area (Å²) in [7, 11) is 0. The van der Waals surface area contributed by atoms with Crippen LogP contribution in [0.5, 0.6) is 0 Å². The van der Waals surface area contributed by atoms with Gasteiger partial charge in [-0.2, -0.15) is 0 Å². The van der Waals surface area contributed by atoms with Gasteiger partial charge in [-0.3, -0.25) is 4.79 Å². The number of rotatable bonds is 5. The van der Waals surface area contributed by atoms with E-state index >= 15 is 0 Å². The van der Waals surface area contributed by atoms with Crippen LogP contribution in [0.2, 0.25) is 0 Å². The van der Waals surface area contributed by atoms with Crippen LogP contribution in [0.25, 0.3) is 0 Å². The van der Waals surface area contributed by atoms with Crippen LogP contribution in [0.15, 0.2) is 0 Å². The maximum Gasteiger partial charge on any atom is 0.227 e. The zero-order valence-corrected chi connectivity index (χ0v) is 12.4. The molecule has 4 nitrogen and oxygen atoms in total. The minimum absolute atomic E-state index is 0.0248. The van der Waals surface area contributed by atoms with Crippen molar-refractivity contribution < 1.29 is 9.53 Å². The third kappa shape index (κ3) is 3.23. The van der Waals surface area contributed by atoms with Crippen LogP contribution in [0.1, 0.15) is 47.5 Å². The quantitative estimate of drug-likeness (QED) is 0.786. The van der Waals surface area contributed by atoms with Crippen LogP contribution in [-0.2, 0) is 9.53 Å². The molecule has 0 bridgehead atoms. The summed E-state index contributed by atoms with van der Waals surface area (Å²) < 4.78 is 5.62. The summed E-state index contributed by atoms with van der Waals surface area (Å²) in [5.41, 5.74) is 4.96. The van der Waals surface area contributed by atoms with Gasteiger partial charge in [0.25, 0.3) is 0 Å². The maximum absolute atomic E-state index is 12.2. The fourth-order valence-electron chi connectivity index (χ4n) is 2.11. The number of carbonyl (C=O) groups excluding carboxylic acids is 1. The molecule has 3 N–H and O–H groups in total. The minimum Gasteiger partial charge on any atom is -0.378 e. The molecule has 0 aromatic rings. The Morgan fingerprint density at radius 3 is 2.50 bits per heavy atom. The Labute approximate surface area is 111 Å². The van der Waals surface area contributed by atoms with Gasteiger partial charge in [-0.25, -0.2) is 0 Å². The topological polar surface area (TPSA) is 64.3 Å². The van der Waals surface area contributed by atoms with Crippen molar-refractivity contribution in [2.45, 2.75) is 59.1 Å². The zero-order valence-electron chi connectivity index (χ0n) is 12.4. The molecule has 0 saturated carbocycles. The summed E-state index contributed by atoms with van der Waals surface area (Å²) in [6, 6.07) is 0. The maximum atomic E-state index is 12.2. The van der Waals surface area contributed by atoms with Gasteiger partial charge in [0.15, 0.2) is 0 Å². The highest BCUT2D eigenvalue weighted by atomic mass is 16.5. The molecule has 1 aliphatic heterocycles. The second-order valence-corrected chi connectivity index (χ2v) is 6.42. The third-order valence-corrected chi connectivity index (χ3v) is 4.45. The first-order valence-electron chi connectivity index (χ1n) is 6.89. The Hall–Kier alpha value is -0.610. The minimum atomic E-state index is -0.575. The van der Waals surface area contributed by atoms with Crippen LogP contribution in [0.4, 0.5) is 0 Å². The van der Waals surface area contributed by atoms with Gasteiger partial charge >= 0.3 is 0 Å². The van der Waals surface area contributed by atoms with Gasteiger partial charge in [0, 0.05) is 24.6 Å². The number of amides is 1. The zero-order chi connectivity index (χ0) is 14.0. The van der Waals surface area contributed by atoms with E-state index in [1.54, 1.807) is 0 Å². The molecule has 106 valence electrons. The van der Waals surface area contributed by atoms with Crippen molar-refractivity contribution >= 4 is 5.91 Å². The summed E-state index contributed by atoms with van der Waals surface area (Å²) in [6.45, 7) is 11.2. The van der Waals surface area contributed by atoms with Crippen molar-refractivity contribution in [3.8, 4) is 0 Å². The molecule has 0 aromatic heterocycles. The van der Waals surface area contributed by atoms with E-state index in [-0.39, 0.29) is 5.91 Å². The first kappa shape index (κ1) is 15.4. The van der Waals surface area contributed by atoms with Crippen molar-refractivity contribution in [3.63, 3.8) is 0 Å².